The Bertz CT molecular complexity index is 2450. The summed E-state index contributed by atoms with van der Waals surface area (Å²) < 4.78 is 0. The fourth-order valence-corrected chi connectivity index (χ4v) is 8.11. The van der Waals surface area contributed by atoms with Gasteiger partial charge in [0.1, 0.15) is 0 Å². The van der Waals surface area contributed by atoms with Crippen LogP contribution in [-0.2, 0) is 5.41 Å². The zero-order chi connectivity index (χ0) is 32.4. The number of rotatable bonds is 3. The van der Waals surface area contributed by atoms with Crippen molar-refractivity contribution in [3.8, 4) is 67.3 Å². The Morgan fingerprint density at radius 2 is 0.735 bits per heavy atom. The van der Waals surface area contributed by atoms with Gasteiger partial charge in [-0.25, -0.2) is 9.97 Å². The van der Waals surface area contributed by atoms with Crippen LogP contribution in [0.1, 0.15) is 22.3 Å². The summed E-state index contributed by atoms with van der Waals surface area (Å²) in [6.45, 7) is 0. The minimum atomic E-state index is -0.515. The van der Waals surface area contributed by atoms with E-state index in [4.69, 9.17) is 9.97 Å². The minimum absolute atomic E-state index is 0.515. The lowest BCUT2D eigenvalue weighted by atomic mass is 9.66. The number of benzene rings is 5. The van der Waals surface area contributed by atoms with Crippen LogP contribution in [0.25, 0.3) is 67.3 Å². The number of nitrogens with zero attached hydrogens (tertiary/aromatic N) is 4. The molecule has 5 aromatic carbocycles. The first-order valence-electron chi connectivity index (χ1n) is 16.5. The molecule has 0 radical (unpaired) electrons. The molecular formula is C45H28N4. The largest absolute Gasteiger partial charge is 0.265 e. The zero-order valence-corrected chi connectivity index (χ0v) is 26.5. The smallest absolute Gasteiger partial charge is 0.160 e. The average Bonchev–Trinajstić information content (AvgIpc) is 3.43. The monoisotopic (exact) mass is 624 g/mol. The standard InChI is InChI=1S/C45H28N4/c1-2-10-33-32(9-1)34-11-3-6-14-38(34)45(39-15-7-4-12-35(39)36-13-5-8-16-40(36)45)41-18-17-31(27-37(33)41)44-48-42(29-19-23-46-24-20-29)28-43(49-44)30-21-25-47-26-22-30/h1-28H. The van der Waals surface area contributed by atoms with Crippen molar-refractivity contribution in [2.45, 2.75) is 5.41 Å². The molecule has 49 heavy (non-hydrogen) atoms. The molecule has 1 spiro atoms. The van der Waals surface area contributed by atoms with E-state index in [1.165, 1.54) is 55.6 Å². The first kappa shape index (κ1) is 27.6. The van der Waals surface area contributed by atoms with E-state index in [1.54, 1.807) is 24.8 Å². The van der Waals surface area contributed by atoms with Gasteiger partial charge in [-0.15, -0.1) is 0 Å². The van der Waals surface area contributed by atoms with Gasteiger partial charge in [-0.2, -0.15) is 0 Å². The third kappa shape index (κ3) is 4.04. The Morgan fingerprint density at radius 3 is 1.24 bits per heavy atom. The molecule has 3 heterocycles. The molecule has 0 bridgehead atoms. The molecule has 2 aliphatic rings. The van der Waals surface area contributed by atoms with Crippen molar-refractivity contribution in [3.05, 3.63) is 193 Å². The predicted octanol–water partition coefficient (Wildman–Crippen LogP) is 10.3. The normalized spacial score (nSPS) is 13.1. The van der Waals surface area contributed by atoms with Crippen molar-refractivity contribution in [2.24, 2.45) is 0 Å². The molecule has 0 atom stereocenters. The quantitative estimate of drug-likeness (QED) is 0.196. The van der Waals surface area contributed by atoms with Gasteiger partial charge >= 0.3 is 0 Å². The van der Waals surface area contributed by atoms with E-state index in [0.29, 0.717) is 5.82 Å². The SMILES string of the molecule is c1ccc2c(c1)-c1ccccc1C1(c3ccc(-c4nc(-c5ccncc5)cc(-c5ccncc5)n4)cc3-2)c2ccccc2-c2ccccc21. The van der Waals surface area contributed by atoms with Crippen molar-refractivity contribution >= 4 is 0 Å². The Hall–Kier alpha value is -6.52. The molecule has 228 valence electrons. The highest BCUT2D eigenvalue weighted by Gasteiger charge is 2.49. The molecule has 10 rings (SSSR count). The highest BCUT2D eigenvalue weighted by atomic mass is 14.9. The molecule has 0 saturated heterocycles. The van der Waals surface area contributed by atoms with E-state index >= 15 is 0 Å². The summed E-state index contributed by atoms with van der Waals surface area (Å²) >= 11 is 0. The maximum absolute atomic E-state index is 5.17. The number of aromatic nitrogens is 4. The van der Waals surface area contributed by atoms with E-state index in [9.17, 15) is 0 Å². The van der Waals surface area contributed by atoms with Crippen LogP contribution in [0.2, 0.25) is 0 Å². The van der Waals surface area contributed by atoms with Crippen LogP contribution in [0.5, 0.6) is 0 Å². The van der Waals surface area contributed by atoms with Crippen molar-refractivity contribution < 1.29 is 0 Å². The van der Waals surface area contributed by atoms with E-state index in [-0.39, 0.29) is 0 Å². The van der Waals surface area contributed by atoms with Gasteiger partial charge in [0.25, 0.3) is 0 Å². The van der Waals surface area contributed by atoms with Gasteiger partial charge in [-0.1, -0.05) is 109 Å². The fourth-order valence-electron chi connectivity index (χ4n) is 8.11. The van der Waals surface area contributed by atoms with Crippen LogP contribution in [0.3, 0.4) is 0 Å². The number of hydrogen-bond acceptors (Lipinski definition) is 4. The fraction of sp³-hybridized carbons (Fsp3) is 0.0222. The summed E-state index contributed by atoms with van der Waals surface area (Å²) in [5.41, 5.74) is 16.7. The summed E-state index contributed by atoms with van der Waals surface area (Å²) in [7, 11) is 0. The lowest BCUT2D eigenvalue weighted by Gasteiger charge is -2.35. The second-order valence-corrected chi connectivity index (χ2v) is 12.6. The summed E-state index contributed by atoms with van der Waals surface area (Å²) in [5, 5.41) is 0. The first-order chi connectivity index (χ1) is 24.3. The Kier molecular flexibility index (Phi) is 6.06. The van der Waals surface area contributed by atoms with Crippen LogP contribution >= 0.6 is 0 Å². The van der Waals surface area contributed by atoms with Crippen LogP contribution < -0.4 is 0 Å². The molecule has 4 heteroatoms. The Morgan fingerprint density at radius 1 is 0.327 bits per heavy atom. The molecule has 2 aliphatic carbocycles. The minimum Gasteiger partial charge on any atom is -0.265 e. The van der Waals surface area contributed by atoms with E-state index in [1.807, 2.05) is 30.3 Å². The maximum Gasteiger partial charge on any atom is 0.160 e. The second kappa shape index (κ2) is 10.8. The molecule has 8 aromatic rings. The van der Waals surface area contributed by atoms with Gasteiger partial charge in [0.05, 0.1) is 16.8 Å². The average molecular weight is 625 g/mol. The lowest BCUT2D eigenvalue weighted by molar-refractivity contribution is 0.775. The first-order valence-corrected chi connectivity index (χ1v) is 16.5. The topological polar surface area (TPSA) is 51.6 Å². The number of hydrogen-bond donors (Lipinski definition) is 0. The van der Waals surface area contributed by atoms with Crippen LogP contribution in [0.4, 0.5) is 0 Å². The van der Waals surface area contributed by atoms with E-state index in [0.717, 1.165) is 28.1 Å². The van der Waals surface area contributed by atoms with Gasteiger partial charge in [0.15, 0.2) is 5.82 Å². The summed E-state index contributed by atoms with van der Waals surface area (Å²) in [6, 6.07) is 52.5. The number of pyridine rings is 2. The third-order valence-corrected chi connectivity index (χ3v) is 10.2. The second-order valence-electron chi connectivity index (χ2n) is 12.6. The Labute approximate surface area is 284 Å². The third-order valence-electron chi connectivity index (χ3n) is 10.2. The van der Waals surface area contributed by atoms with Crippen molar-refractivity contribution in [1.29, 1.82) is 0 Å². The van der Waals surface area contributed by atoms with Crippen LogP contribution in [0, 0.1) is 0 Å². The summed E-state index contributed by atoms with van der Waals surface area (Å²) in [4.78, 5) is 18.8. The Balaban J connectivity index is 1.29. The predicted molar refractivity (Wildman–Crippen MR) is 196 cm³/mol. The molecule has 0 unspecified atom stereocenters. The molecule has 0 N–H and O–H groups in total. The zero-order valence-electron chi connectivity index (χ0n) is 26.5. The van der Waals surface area contributed by atoms with Gasteiger partial charge in [-0.05, 0) is 92.0 Å². The van der Waals surface area contributed by atoms with Gasteiger partial charge < -0.3 is 0 Å². The van der Waals surface area contributed by atoms with E-state index < -0.39 is 5.41 Å². The molecule has 0 amide bonds. The molecule has 0 aliphatic heterocycles. The van der Waals surface area contributed by atoms with Gasteiger partial charge in [-0.3, -0.25) is 9.97 Å². The molecular weight excluding hydrogens is 597 g/mol. The van der Waals surface area contributed by atoms with Gasteiger partial charge in [0.2, 0.25) is 0 Å². The lowest BCUT2D eigenvalue weighted by Crippen LogP contribution is -2.29. The summed E-state index contributed by atoms with van der Waals surface area (Å²) in [6.07, 6.45) is 7.21. The molecule has 4 nitrogen and oxygen atoms in total. The summed E-state index contributed by atoms with van der Waals surface area (Å²) in [5.74, 6) is 0.671. The van der Waals surface area contributed by atoms with Crippen molar-refractivity contribution in [3.63, 3.8) is 0 Å². The number of fused-ring (bicyclic) bond motifs is 12. The maximum atomic E-state index is 5.17. The van der Waals surface area contributed by atoms with Crippen molar-refractivity contribution in [1.82, 2.24) is 19.9 Å². The van der Waals surface area contributed by atoms with Crippen LogP contribution in [0.15, 0.2) is 170 Å². The van der Waals surface area contributed by atoms with E-state index in [2.05, 4.69) is 125 Å². The molecule has 3 aromatic heterocycles. The molecule has 0 fully saturated rings. The van der Waals surface area contributed by atoms with Crippen molar-refractivity contribution in [2.75, 3.05) is 0 Å². The molecule has 0 saturated carbocycles. The van der Waals surface area contributed by atoms with Gasteiger partial charge in [0, 0.05) is 41.5 Å². The van der Waals surface area contributed by atoms with Crippen LogP contribution in [-0.4, -0.2) is 19.9 Å². The highest BCUT2D eigenvalue weighted by Crippen LogP contribution is 2.61. The highest BCUT2D eigenvalue weighted by molar-refractivity contribution is 5.98.